The number of hydrogen-bond acceptors (Lipinski definition) is 5. The molecule has 0 fully saturated rings. The van der Waals surface area contributed by atoms with Gasteiger partial charge < -0.3 is 10.1 Å². The van der Waals surface area contributed by atoms with E-state index in [4.69, 9.17) is 4.74 Å². The zero-order chi connectivity index (χ0) is 17.6. The number of nitrogens with one attached hydrogen (secondary N) is 2. The van der Waals surface area contributed by atoms with Gasteiger partial charge in [0, 0.05) is 11.7 Å². The fraction of sp³-hybridized carbons (Fsp3) is 0.588. The summed E-state index contributed by atoms with van der Waals surface area (Å²) in [5, 5.41) is 6.02. The quantitative estimate of drug-likeness (QED) is 0.781. The number of nitrogens with zero attached hydrogens (tertiary/aromatic N) is 1. The van der Waals surface area contributed by atoms with Crippen LogP contribution in [0.5, 0.6) is 0 Å². The van der Waals surface area contributed by atoms with Crippen molar-refractivity contribution in [1.82, 2.24) is 15.6 Å². The van der Waals surface area contributed by atoms with Crippen molar-refractivity contribution < 1.29 is 14.3 Å². The summed E-state index contributed by atoms with van der Waals surface area (Å²) in [6, 6.07) is 4.01. The molecule has 1 aromatic rings. The minimum absolute atomic E-state index is 0.0314. The highest BCUT2D eigenvalue weighted by Crippen LogP contribution is 2.16. The Morgan fingerprint density at radius 1 is 1.22 bits per heavy atom. The van der Waals surface area contributed by atoms with Crippen molar-refractivity contribution in [2.24, 2.45) is 5.92 Å². The van der Waals surface area contributed by atoms with Crippen molar-refractivity contribution in [3.63, 3.8) is 0 Å². The zero-order valence-electron chi connectivity index (χ0n) is 14.7. The first-order chi connectivity index (χ1) is 10.7. The van der Waals surface area contributed by atoms with Crippen LogP contribution < -0.4 is 10.6 Å². The van der Waals surface area contributed by atoms with Gasteiger partial charge in [-0.1, -0.05) is 19.9 Å². The van der Waals surface area contributed by atoms with Gasteiger partial charge in [-0.3, -0.25) is 19.9 Å². The van der Waals surface area contributed by atoms with Gasteiger partial charge >= 0.3 is 5.97 Å². The molecule has 0 aromatic carbocycles. The molecule has 2 atom stereocenters. The molecule has 0 radical (unpaired) electrons. The first-order valence-electron chi connectivity index (χ1n) is 7.72. The number of rotatable bonds is 6. The van der Waals surface area contributed by atoms with E-state index in [1.54, 1.807) is 18.3 Å². The summed E-state index contributed by atoms with van der Waals surface area (Å²) in [4.78, 5) is 28.9. The van der Waals surface area contributed by atoms with E-state index < -0.39 is 18.1 Å². The Kier molecular flexibility index (Phi) is 6.69. The SMILES string of the molecule is COC(=O)[C@@H](NC(C(=O)NC(C)(C)C)c1ccccn1)C(C)C. The number of aromatic nitrogens is 1. The fourth-order valence-electron chi connectivity index (χ4n) is 2.12. The minimum Gasteiger partial charge on any atom is -0.468 e. The second-order valence-corrected chi connectivity index (χ2v) is 6.84. The average molecular weight is 321 g/mol. The standard InChI is InChI=1S/C17H27N3O3/c1-11(2)13(16(22)23-6)19-14(12-9-7-8-10-18-12)15(21)20-17(3,4)5/h7-11,13-14,19H,1-6H3,(H,20,21)/t13-,14?/m0/s1. The molecule has 0 aliphatic heterocycles. The first kappa shape index (κ1) is 19.1. The average Bonchev–Trinajstić information content (AvgIpc) is 2.46. The van der Waals surface area contributed by atoms with Crippen LogP contribution in [0, 0.1) is 5.92 Å². The number of hydrogen-bond donors (Lipinski definition) is 2. The van der Waals surface area contributed by atoms with Crippen LogP contribution in [0.4, 0.5) is 0 Å². The largest absolute Gasteiger partial charge is 0.468 e. The molecule has 1 unspecified atom stereocenters. The Bertz CT molecular complexity index is 524. The molecule has 1 aromatic heterocycles. The van der Waals surface area contributed by atoms with Crippen LogP contribution in [0.3, 0.4) is 0 Å². The maximum atomic E-state index is 12.7. The van der Waals surface area contributed by atoms with Gasteiger partial charge in [0.2, 0.25) is 5.91 Å². The molecule has 128 valence electrons. The van der Waals surface area contributed by atoms with E-state index in [0.717, 1.165) is 0 Å². The molecule has 0 aliphatic carbocycles. The normalized spacial score (nSPS) is 14.2. The Balaban J connectivity index is 3.09. The molecule has 2 N–H and O–H groups in total. The molecule has 6 heteroatoms. The van der Waals surface area contributed by atoms with E-state index in [9.17, 15) is 9.59 Å². The van der Waals surface area contributed by atoms with Gasteiger partial charge in [0.05, 0.1) is 12.8 Å². The predicted molar refractivity (Wildman–Crippen MR) is 88.7 cm³/mol. The molecule has 1 amide bonds. The fourth-order valence-corrected chi connectivity index (χ4v) is 2.12. The molecule has 1 heterocycles. The van der Waals surface area contributed by atoms with Gasteiger partial charge in [0.15, 0.2) is 0 Å². The summed E-state index contributed by atoms with van der Waals surface area (Å²) >= 11 is 0. The third-order valence-corrected chi connectivity index (χ3v) is 3.21. The Labute approximate surface area is 138 Å². The summed E-state index contributed by atoms with van der Waals surface area (Å²) in [6.07, 6.45) is 1.62. The number of esters is 1. The molecule has 0 bridgehead atoms. The van der Waals surface area contributed by atoms with Gasteiger partial charge in [-0.25, -0.2) is 0 Å². The smallest absolute Gasteiger partial charge is 0.323 e. The molecular formula is C17H27N3O3. The number of methoxy groups -OCH3 is 1. The molecular weight excluding hydrogens is 294 g/mol. The molecule has 0 saturated carbocycles. The van der Waals surface area contributed by atoms with Crippen LogP contribution in [0.1, 0.15) is 46.4 Å². The van der Waals surface area contributed by atoms with E-state index in [2.05, 4.69) is 15.6 Å². The monoisotopic (exact) mass is 321 g/mol. The van der Waals surface area contributed by atoms with Gasteiger partial charge in [-0.2, -0.15) is 0 Å². The summed E-state index contributed by atoms with van der Waals surface area (Å²) in [5.41, 5.74) is 0.175. The minimum atomic E-state index is -0.734. The molecule has 23 heavy (non-hydrogen) atoms. The predicted octanol–water partition coefficient (Wildman–Crippen LogP) is 1.82. The van der Waals surface area contributed by atoms with Gasteiger partial charge in [0.25, 0.3) is 0 Å². The highest BCUT2D eigenvalue weighted by Gasteiger charge is 2.32. The lowest BCUT2D eigenvalue weighted by atomic mass is 10.0. The molecule has 0 spiro atoms. The summed E-state index contributed by atoms with van der Waals surface area (Å²) in [7, 11) is 1.34. The topological polar surface area (TPSA) is 80.3 Å². The van der Waals surface area contributed by atoms with Crippen molar-refractivity contribution in [3.8, 4) is 0 Å². The lowest BCUT2D eigenvalue weighted by Crippen LogP contribution is -2.51. The lowest BCUT2D eigenvalue weighted by Gasteiger charge is -2.29. The van der Waals surface area contributed by atoms with E-state index in [0.29, 0.717) is 5.69 Å². The Hall–Kier alpha value is -1.95. The van der Waals surface area contributed by atoms with Crippen LogP contribution >= 0.6 is 0 Å². The summed E-state index contributed by atoms with van der Waals surface area (Å²) in [5.74, 6) is -0.661. The van der Waals surface area contributed by atoms with Gasteiger partial charge in [-0.15, -0.1) is 0 Å². The van der Waals surface area contributed by atoms with Crippen molar-refractivity contribution in [2.45, 2.75) is 52.2 Å². The Morgan fingerprint density at radius 3 is 2.30 bits per heavy atom. The second kappa shape index (κ2) is 8.06. The van der Waals surface area contributed by atoms with Crippen molar-refractivity contribution in [2.75, 3.05) is 7.11 Å². The lowest BCUT2D eigenvalue weighted by molar-refractivity contribution is -0.144. The van der Waals surface area contributed by atoms with Gasteiger partial charge in [-0.05, 0) is 38.8 Å². The number of ether oxygens (including phenoxy) is 1. The van der Waals surface area contributed by atoms with Crippen LogP contribution in [0.15, 0.2) is 24.4 Å². The van der Waals surface area contributed by atoms with Crippen LogP contribution in [-0.4, -0.2) is 35.6 Å². The Morgan fingerprint density at radius 2 is 1.87 bits per heavy atom. The van der Waals surface area contributed by atoms with Crippen molar-refractivity contribution >= 4 is 11.9 Å². The van der Waals surface area contributed by atoms with Crippen LogP contribution in [-0.2, 0) is 14.3 Å². The van der Waals surface area contributed by atoms with Crippen molar-refractivity contribution in [1.29, 1.82) is 0 Å². The maximum absolute atomic E-state index is 12.7. The third kappa shape index (κ3) is 5.98. The summed E-state index contributed by atoms with van der Waals surface area (Å²) in [6.45, 7) is 9.50. The molecule has 6 nitrogen and oxygen atoms in total. The highest BCUT2D eigenvalue weighted by molar-refractivity contribution is 5.84. The number of amides is 1. The van der Waals surface area contributed by atoms with Crippen LogP contribution in [0.25, 0.3) is 0 Å². The van der Waals surface area contributed by atoms with E-state index in [-0.39, 0.29) is 17.4 Å². The summed E-state index contributed by atoms with van der Waals surface area (Å²) < 4.78 is 4.84. The number of carbonyl (C=O) groups excluding carboxylic acids is 2. The van der Waals surface area contributed by atoms with Crippen molar-refractivity contribution in [3.05, 3.63) is 30.1 Å². The van der Waals surface area contributed by atoms with Crippen LogP contribution in [0.2, 0.25) is 0 Å². The maximum Gasteiger partial charge on any atom is 0.323 e. The number of pyridine rings is 1. The molecule has 0 aliphatic rings. The first-order valence-corrected chi connectivity index (χ1v) is 7.72. The van der Waals surface area contributed by atoms with Gasteiger partial charge in [0.1, 0.15) is 12.1 Å². The highest BCUT2D eigenvalue weighted by atomic mass is 16.5. The molecule has 0 saturated heterocycles. The van der Waals surface area contributed by atoms with E-state index in [1.165, 1.54) is 7.11 Å². The second-order valence-electron chi connectivity index (χ2n) is 6.84. The van der Waals surface area contributed by atoms with E-state index in [1.807, 2.05) is 40.7 Å². The molecule has 1 rings (SSSR count). The van der Waals surface area contributed by atoms with E-state index >= 15 is 0 Å². The number of carbonyl (C=O) groups is 2. The third-order valence-electron chi connectivity index (χ3n) is 3.21. The zero-order valence-corrected chi connectivity index (χ0v) is 14.7.